The molecule has 1 N–H and O–H groups in total. The SMILES string of the molecule is CC(C)(C)C(=O)N1C(=O)CCC1C(=O)OC(CS(=O)(=O)O)(C(F)(F)F)C(F)(F)F. The summed E-state index contributed by atoms with van der Waals surface area (Å²) < 4.78 is 113. The van der Waals surface area contributed by atoms with Crippen LogP contribution >= 0.6 is 0 Å². The summed E-state index contributed by atoms with van der Waals surface area (Å²) in [7, 11) is -5.95. The topological polar surface area (TPSA) is 118 Å². The van der Waals surface area contributed by atoms with Crippen molar-refractivity contribution in [2.75, 3.05) is 5.75 Å². The highest BCUT2D eigenvalue weighted by atomic mass is 32.2. The van der Waals surface area contributed by atoms with Gasteiger partial charge in [-0.2, -0.15) is 34.8 Å². The van der Waals surface area contributed by atoms with E-state index in [1.165, 1.54) is 20.8 Å². The summed E-state index contributed by atoms with van der Waals surface area (Å²) in [6, 6.07) is -2.13. The third-order valence-corrected chi connectivity index (χ3v) is 4.69. The summed E-state index contributed by atoms with van der Waals surface area (Å²) in [6.07, 6.45) is -14.2. The van der Waals surface area contributed by atoms with Gasteiger partial charge >= 0.3 is 23.9 Å². The van der Waals surface area contributed by atoms with E-state index in [1.807, 2.05) is 0 Å². The highest BCUT2D eigenvalue weighted by molar-refractivity contribution is 7.85. The molecule has 168 valence electrons. The molecule has 15 heteroatoms. The third-order valence-electron chi connectivity index (χ3n) is 3.92. The van der Waals surface area contributed by atoms with E-state index in [4.69, 9.17) is 4.55 Å². The highest BCUT2D eigenvalue weighted by Crippen LogP contribution is 2.47. The van der Waals surface area contributed by atoms with Gasteiger partial charge in [0.05, 0.1) is 0 Å². The van der Waals surface area contributed by atoms with Crippen molar-refractivity contribution in [3.05, 3.63) is 0 Å². The standard InChI is InChI=1S/C14H17F6NO7S/c1-11(2,3)10(24)21-7(4-5-8(21)22)9(23)28-12(13(15,16)17,14(18,19)20)6-29(25,26)27/h7H,4-6H2,1-3H3,(H,25,26,27). The minimum Gasteiger partial charge on any atom is -0.437 e. The Kier molecular flexibility index (Phi) is 6.42. The van der Waals surface area contributed by atoms with Crippen LogP contribution < -0.4 is 0 Å². The molecule has 0 aromatic heterocycles. The van der Waals surface area contributed by atoms with Gasteiger partial charge in [-0.1, -0.05) is 20.8 Å². The number of nitrogens with zero attached hydrogens (tertiary/aromatic N) is 1. The average Bonchev–Trinajstić information content (AvgIpc) is 2.82. The number of alkyl halides is 6. The first-order valence-electron chi connectivity index (χ1n) is 7.82. The van der Waals surface area contributed by atoms with E-state index < -0.39 is 75.9 Å². The summed E-state index contributed by atoms with van der Waals surface area (Å²) in [5, 5.41) is 0. The second-order valence-corrected chi connectivity index (χ2v) is 8.80. The molecule has 1 fully saturated rings. The van der Waals surface area contributed by atoms with E-state index in [-0.39, 0.29) is 4.90 Å². The lowest BCUT2D eigenvalue weighted by molar-refractivity contribution is -0.362. The molecule has 0 radical (unpaired) electrons. The van der Waals surface area contributed by atoms with E-state index >= 15 is 0 Å². The van der Waals surface area contributed by atoms with Crippen LogP contribution in [0.2, 0.25) is 0 Å². The van der Waals surface area contributed by atoms with Crippen LogP contribution in [0.3, 0.4) is 0 Å². The maximum Gasteiger partial charge on any atom is 0.438 e. The molecule has 0 aromatic rings. The minimum atomic E-state index is -6.50. The van der Waals surface area contributed by atoms with E-state index in [1.54, 1.807) is 0 Å². The number of imide groups is 1. The number of esters is 1. The number of ether oxygens (including phenoxy) is 1. The molecule has 1 aliphatic rings. The van der Waals surface area contributed by atoms with E-state index in [2.05, 4.69) is 4.74 Å². The number of likely N-dealkylation sites (tertiary alicyclic amines) is 1. The van der Waals surface area contributed by atoms with Gasteiger partial charge in [0.2, 0.25) is 11.8 Å². The smallest absolute Gasteiger partial charge is 0.437 e. The summed E-state index contributed by atoms with van der Waals surface area (Å²) in [5.74, 6) is -7.41. The van der Waals surface area contributed by atoms with Crippen LogP contribution in [-0.4, -0.2) is 65.4 Å². The average molecular weight is 457 g/mol. The highest BCUT2D eigenvalue weighted by Gasteiger charge is 2.76. The Morgan fingerprint density at radius 3 is 1.90 bits per heavy atom. The van der Waals surface area contributed by atoms with Crippen LogP contribution in [0.15, 0.2) is 0 Å². The Morgan fingerprint density at radius 1 is 1.10 bits per heavy atom. The molecule has 8 nitrogen and oxygen atoms in total. The maximum absolute atomic E-state index is 13.3. The van der Waals surface area contributed by atoms with Crippen molar-refractivity contribution >= 4 is 27.9 Å². The van der Waals surface area contributed by atoms with Gasteiger partial charge in [-0.15, -0.1) is 0 Å². The number of hydrogen-bond donors (Lipinski definition) is 1. The first kappa shape index (κ1) is 25.1. The van der Waals surface area contributed by atoms with Gasteiger partial charge in [0.1, 0.15) is 11.8 Å². The largest absolute Gasteiger partial charge is 0.438 e. The molecule has 1 rings (SSSR count). The Bertz CT molecular complexity index is 783. The molecule has 1 heterocycles. The second-order valence-electron chi connectivity index (χ2n) is 7.34. The van der Waals surface area contributed by atoms with Crippen molar-refractivity contribution in [3.8, 4) is 0 Å². The molecule has 29 heavy (non-hydrogen) atoms. The normalized spacial score (nSPS) is 19.4. The first-order chi connectivity index (χ1) is 12.6. The molecule has 1 saturated heterocycles. The molecular weight excluding hydrogens is 440 g/mol. The van der Waals surface area contributed by atoms with Crippen LogP contribution in [0.1, 0.15) is 33.6 Å². The second kappa shape index (κ2) is 7.41. The van der Waals surface area contributed by atoms with Crippen molar-refractivity contribution in [2.24, 2.45) is 5.41 Å². The summed E-state index contributed by atoms with van der Waals surface area (Å²) >= 11 is 0. The molecule has 0 saturated carbocycles. The Labute approximate surface area is 160 Å². The zero-order valence-electron chi connectivity index (χ0n) is 15.2. The molecule has 0 aliphatic carbocycles. The summed E-state index contributed by atoms with van der Waals surface area (Å²) in [4.78, 5) is 36.6. The first-order valence-corrected chi connectivity index (χ1v) is 9.43. The van der Waals surface area contributed by atoms with Gasteiger partial charge in [-0.3, -0.25) is 19.0 Å². The maximum atomic E-state index is 13.3. The fraction of sp³-hybridized carbons (Fsp3) is 0.786. The minimum absolute atomic E-state index is 0.202. The summed E-state index contributed by atoms with van der Waals surface area (Å²) in [6.45, 7) is 3.87. The van der Waals surface area contributed by atoms with Crippen LogP contribution in [0.25, 0.3) is 0 Å². The van der Waals surface area contributed by atoms with Crippen LogP contribution in [0.4, 0.5) is 26.3 Å². The van der Waals surface area contributed by atoms with E-state index in [0.717, 1.165) is 0 Å². The fourth-order valence-corrected chi connectivity index (χ4v) is 3.39. The molecule has 2 amide bonds. The van der Waals surface area contributed by atoms with Gasteiger partial charge in [0, 0.05) is 11.8 Å². The number of carbonyl (C=O) groups is 3. The predicted molar refractivity (Wildman–Crippen MR) is 81.7 cm³/mol. The number of rotatable bonds is 4. The van der Waals surface area contributed by atoms with Crippen molar-refractivity contribution in [3.63, 3.8) is 0 Å². The fourth-order valence-electron chi connectivity index (χ4n) is 2.49. The van der Waals surface area contributed by atoms with Gasteiger partial charge in [0.25, 0.3) is 10.1 Å². The van der Waals surface area contributed by atoms with Crippen LogP contribution in [-0.2, 0) is 29.2 Å². The number of halogens is 6. The molecule has 1 atom stereocenters. The Hall–Kier alpha value is -1.90. The third kappa shape index (κ3) is 5.18. The van der Waals surface area contributed by atoms with Crippen molar-refractivity contribution < 1.29 is 58.4 Å². The molecule has 1 unspecified atom stereocenters. The lowest BCUT2D eigenvalue weighted by Gasteiger charge is -2.37. The van der Waals surface area contributed by atoms with Gasteiger partial charge in [-0.05, 0) is 6.42 Å². The zero-order valence-corrected chi connectivity index (χ0v) is 16.0. The molecular formula is C14H17F6NO7S. The Balaban J connectivity index is 3.44. The quantitative estimate of drug-likeness (QED) is 0.389. The van der Waals surface area contributed by atoms with Gasteiger partial charge < -0.3 is 4.74 Å². The lowest BCUT2D eigenvalue weighted by Crippen LogP contribution is -2.64. The van der Waals surface area contributed by atoms with Crippen molar-refractivity contribution in [1.29, 1.82) is 0 Å². The molecule has 0 bridgehead atoms. The molecule has 0 aromatic carbocycles. The van der Waals surface area contributed by atoms with Crippen LogP contribution in [0.5, 0.6) is 0 Å². The summed E-state index contributed by atoms with van der Waals surface area (Å²) in [5.41, 5.74) is -6.93. The van der Waals surface area contributed by atoms with Gasteiger partial charge in [0.15, 0.2) is 0 Å². The Morgan fingerprint density at radius 2 is 1.55 bits per heavy atom. The number of amides is 2. The van der Waals surface area contributed by atoms with Crippen molar-refractivity contribution in [2.45, 2.75) is 57.6 Å². The lowest BCUT2D eigenvalue weighted by atomic mass is 9.94. The molecule has 0 spiro atoms. The van der Waals surface area contributed by atoms with E-state index in [9.17, 15) is 49.1 Å². The van der Waals surface area contributed by atoms with E-state index in [0.29, 0.717) is 0 Å². The molecule has 1 aliphatic heterocycles. The monoisotopic (exact) mass is 457 g/mol. The van der Waals surface area contributed by atoms with Crippen molar-refractivity contribution in [1.82, 2.24) is 4.90 Å². The number of carbonyl (C=O) groups excluding carboxylic acids is 3. The van der Waals surface area contributed by atoms with Crippen LogP contribution in [0, 0.1) is 5.41 Å². The van der Waals surface area contributed by atoms with Gasteiger partial charge in [-0.25, -0.2) is 4.79 Å². The number of hydrogen-bond acceptors (Lipinski definition) is 6. The zero-order chi connectivity index (χ0) is 23.2. The predicted octanol–water partition coefficient (Wildman–Crippen LogP) is 1.84.